The molecule has 46 heavy (non-hydrogen) atoms. The van der Waals surface area contributed by atoms with Crippen molar-refractivity contribution in [3.8, 4) is 5.75 Å². The van der Waals surface area contributed by atoms with Crippen molar-refractivity contribution in [3.63, 3.8) is 0 Å². The first kappa shape index (κ1) is 35.3. The van der Waals surface area contributed by atoms with Gasteiger partial charge in [0.1, 0.15) is 5.75 Å². The van der Waals surface area contributed by atoms with E-state index in [9.17, 15) is 9.59 Å². The molecule has 0 bridgehead atoms. The minimum absolute atomic E-state index is 0.0406. The predicted molar refractivity (Wildman–Crippen MR) is 186 cm³/mol. The normalized spacial score (nSPS) is 13.3. The van der Waals surface area contributed by atoms with Crippen LogP contribution in [0, 0.1) is 0 Å². The van der Waals surface area contributed by atoms with Gasteiger partial charge in [0.25, 0.3) is 5.91 Å². The fourth-order valence-corrected chi connectivity index (χ4v) is 6.24. The number of aromatic nitrogens is 2. The van der Waals surface area contributed by atoms with E-state index < -0.39 is 5.76 Å². The molecule has 252 valence electrons. The Bertz CT molecular complexity index is 1290. The van der Waals surface area contributed by atoms with Crippen molar-refractivity contribution in [2.45, 2.75) is 116 Å². The van der Waals surface area contributed by atoms with Crippen LogP contribution in [0.5, 0.6) is 5.75 Å². The third kappa shape index (κ3) is 12.7. The fourth-order valence-electron chi connectivity index (χ4n) is 6.24. The minimum atomic E-state index is -0.564. The maximum Gasteiger partial charge on any atom is 0.438 e. The number of benzene rings is 2. The first-order valence-electron chi connectivity index (χ1n) is 18.0. The average molecular weight is 633 g/mol. The van der Waals surface area contributed by atoms with Gasteiger partial charge < -0.3 is 14.5 Å². The summed E-state index contributed by atoms with van der Waals surface area (Å²) < 4.78 is 10.6. The number of carbonyl (C=O) groups excluding carboxylic acids is 1. The highest BCUT2D eigenvalue weighted by molar-refractivity contribution is 5.94. The van der Waals surface area contributed by atoms with E-state index in [1.807, 2.05) is 29.2 Å². The van der Waals surface area contributed by atoms with Crippen LogP contribution in [0.15, 0.2) is 57.8 Å². The molecule has 2 heterocycles. The Morgan fingerprint density at radius 3 is 1.80 bits per heavy atom. The largest absolute Gasteiger partial charge is 0.494 e. The maximum absolute atomic E-state index is 13.1. The van der Waals surface area contributed by atoms with Crippen LogP contribution in [0.1, 0.15) is 131 Å². The van der Waals surface area contributed by atoms with Crippen LogP contribution in [-0.2, 0) is 6.42 Å². The van der Waals surface area contributed by atoms with E-state index in [1.54, 1.807) is 0 Å². The van der Waals surface area contributed by atoms with Crippen molar-refractivity contribution >= 4 is 11.6 Å². The molecule has 1 fully saturated rings. The number of hydrogen-bond donors (Lipinski definition) is 1. The van der Waals surface area contributed by atoms with Crippen molar-refractivity contribution in [1.29, 1.82) is 0 Å². The molecule has 8 nitrogen and oxygen atoms in total. The second kappa shape index (κ2) is 20.5. The highest BCUT2D eigenvalue weighted by atomic mass is 16.5. The summed E-state index contributed by atoms with van der Waals surface area (Å²) in [6.45, 7) is 6.01. The molecule has 1 aliphatic heterocycles. The van der Waals surface area contributed by atoms with Gasteiger partial charge in [-0.25, -0.2) is 4.79 Å². The van der Waals surface area contributed by atoms with E-state index in [0.717, 1.165) is 43.1 Å². The Labute approximate surface area is 275 Å². The number of hydrogen-bond acceptors (Lipinski definition) is 6. The second-order valence-electron chi connectivity index (χ2n) is 12.8. The van der Waals surface area contributed by atoms with Crippen LogP contribution in [0.2, 0.25) is 0 Å². The highest BCUT2D eigenvalue weighted by Crippen LogP contribution is 2.22. The van der Waals surface area contributed by atoms with Crippen molar-refractivity contribution < 1.29 is 14.1 Å². The van der Waals surface area contributed by atoms with Crippen molar-refractivity contribution in [2.24, 2.45) is 0 Å². The van der Waals surface area contributed by atoms with Gasteiger partial charge in [-0.2, -0.15) is 0 Å². The van der Waals surface area contributed by atoms with Gasteiger partial charge in [0.15, 0.2) is 5.82 Å². The quantitative estimate of drug-likeness (QED) is 0.112. The van der Waals surface area contributed by atoms with E-state index >= 15 is 0 Å². The van der Waals surface area contributed by atoms with Crippen LogP contribution >= 0.6 is 0 Å². The highest BCUT2D eigenvalue weighted by Gasteiger charge is 2.22. The molecular weight excluding hydrogens is 576 g/mol. The summed E-state index contributed by atoms with van der Waals surface area (Å²) in [7, 11) is 0. The van der Waals surface area contributed by atoms with Crippen LogP contribution in [0.4, 0.5) is 5.69 Å². The molecule has 0 saturated carbocycles. The van der Waals surface area contributed by atoms with Gasteiger partial charge in [0, 0.05) is 43.9 Å². The van der Waals surface area contributed by atoms with Gasteiger partial charge in [-0.3, -0.25) is 14.3 Å². The number of aromatic amines is 1. The molecule has 1 aliphatic rings. The Balaban J connectivity index is 1.01. The number of carbonyl (C=O) groups is 1. The van der Waals surface area contributed by atoms with Crippen molar-refractivity contribution in [3.05, 3.63) is 76.0 Å². The maximum atomic E-state index is 13.1. The zero-order valence-electron chi connectivity index (χ0n) is 28.1. The SMILES string of the molecule is CCCCCCCCCCCCCCCCCCOc1ccc(N2CCN(C(=O)c3ccc(Cc4noc(=O)[nH]4)cc3)CC2)cc1. The number of H-pyrrole nitrogens is 1. The van der Waals surface area contributed by atoms with E-state index in [2.05, 4.69) is 50.8 Å². The number of rotatable bonds is 22. The minimum Gasteiger partial charge on any atom is -0.494 e. The zero-order chi connectivity index (χ0) is 32.2. The molecule has 1 N–H and O–H groups in total. The molecule has 0 aliphatic carbocycles. The summed E-state index contributed by atoms with van der Waals surface area (Å²) in [6, 6.07) is 15.8. The molecule has 2 aromatic carbocycles. The van der Waals surface area contributed by atoms with E-state index in [-0.39, 0.29) is 5.91 Å². The molecule has 1 amide bonds. The van der Waals surface area contributed by atoms with Crippen LogP contribution in [0.25, 0.3) is 0 Å². The molecule has 0 atom stereocenters. The Morgan fingerprint density at radius 1 is 0.739 bits per heavy atom. The van der Waals surface area contributed by atoms with Gasteiger partial charge >= 0.3 is 5.76 Å². The lowest BCUT2D eigenvalue weighted by Gasteiger charge is -2.36. The van der Waals surface area contributed by atoms with Crippen LogP contribution in [-0.4, -0.2) is 53.7 Å². The number of ether oxygens (including phenoxy) is 1. The van der Waals surface area contributed by atoms with Gasteiger partial charge in [-0.15, -0.1) is 0 Å². The van der Waals surface area contributed by atoms with Crippen molar-refractivity contribution in [2.75, 3.05) is 37.7 Å². The summed E-state index contributed by atoms with van der Waals surface area (Å²) in [5.41, 5.74) is 2.78. The predicted octanol–water partition coefficient (Wildman–Crippen LogP) is 8.56. The van der Waals surface area contributed by atoms with Crippen LogP contribution in [0.3, 0.4) is 0 Å². The first-order chi connectivity index (χ1) is 22.6. The number of piperazine rings is 1. The third-order valence-electron chi connectivity index (χ3n) is 9.09. The van der Waals surface area contributed by atoms with Gasteiger partial charge in [-0.05, 0) is 48.4 Å². The molecular formula is C38H56N4O4. The Kier molecular flexibility index (Phi) is 15.8. The summed E-state index contributed by atoms with van der Waals surface area (Å²) in [5, 5.41) is 3.69. The summed E-state index contributed by atoms with van der Waals surface area (Å²) >= 11 is 0. The smallest absolute Gasteiger partial charge is 0.438 e. The molecule has 4 rings (SSSR count). The monoisotopic (exact) mass is 632 g/mol. The molecule has 3 aromatic rings. The molecule has 0 unspecified atom stereocenters. The van der Waals surface area contributed by atoms with Gasteiger partial charge in [0.2, 0.25) is 0 Å². The topological polar surface area (TPSA) is 91.7 Å². The lowest BCUT2D eigenvalue weighted by atomic mass is 10.0. The molecule has 0 radical (unpaired) electrons. The lowest BCUT2D eigenvalue weighted by Crippen LogP contribution is -2.48. The summed E-state index contributed by atoms with van der Waals surface area (Å²) in [4.78, 5) is 31.0. The van der Waals surface area contributed by atoms with E-state index in [4.69, 9.17) is 4.74 Å². The Morgan fingerprint density at radius 2 is 1.28 bits per heavy atom. The number of nitrogens with zero attached hydrogens (tertiary/aromatic N) is 3. The first-order valence-corrected chi connectivity index (χ1v) is 18.0. The molecule has 1 aromatic heterocycles. The number of anilines is 1. The number of amides is 1. The average Bonchev–Trinajstić information content (AvgIpc) is 3.50. The number of nitrogens with one attached hydrogen (secondary N) is 1. The van der Waals surface area contributed by atoms with Gasteiger partial charge in [0.05, 0.1) is 6.61 Å². The molecule has 1 saturated heterocycles. The zero-order valence-corrected chi connectivity index (χ0v) is 28.1. The third-order valence-corrected chi connectivity index (χ3v) is 9.09. The Hall–Kier alpha value is -3.55. The second-order valence-corrected chi connectivity index (χ2v) is 12.8. The number of unbranched alkanes of at least 4 members (excludes halogenated alkanes) is 15. The standard InChI is InChI=1S/C38H56N4O4/c1-2-3-4-5-6-7-8-9-10-11-12-13-14-15-16-17-30-45-35-24-22-34(23-25-35)41-26-28-42(29-27-41)37(43)33-20-18-32(19-21-33)31-36-39-38(44)46-40-36/h18-25H,2-17,26-31H2,1H3,(H,39,40,44). The summed E-state index contributed by atoms with van der Waals surface area (Å²) in [6.07, 6.45) is 22.5. The van der Waals surface area contributed by atoms with Gasteiger partial charge in [-0.1, -0.05) is 121 Å². The summed E-state index contributed by atoms with van der Waals surface area (Å²) in [5.74, 6) is 0.872. The van der Waals surface area contributed by atoms with E-state index in [1.165, 1.54) is 96.3 Å². The van der Waals surface area contributed by atoms with Crippen LogP contribution < -0.4 is 15.4 Å². The lowest BCUT2D eigenvalue weighted by molar-refractivity contribution is 0.0747. The molecule has 8 heteroatoms. The fraction of sp³-hybridized carbons (Fsp3) is 0.605. The molecule has 0 spiro atoms. The van der Waals surface area contributed by atoms with E-state index in [0.29, 0.717) is 30.9 Å². The van der Waals surface area contributed by atoms with Crippen molar-refractivity contribution in [1.82, 2.24) is 15.0 Å².